The lowest BCUT2D eigenvalue weighted by molar-refractivity contribution is -0.388. The minimum atomic E-state index is -0.443. The van der Waals surface area contributed by atoms with Crippen LogP contribution in [0.3, 0.4) is 0 Å². The zero-order valence-corrected chi connectivity index (χ0v) is 11.0. The van der Waals surface area contributed by atoms with Crippen LogP contribution >= 0.6 is 39.3 Å². The molecule has 0 bridgehead atoms. The van der Waals surface area contributed by atoms with Crippen LogP contribution in [0.5, 0.6) is 0 Å². The topological polar surface area (TPSA) is 56.0 Å². The fourth-order valence-electron chi connectivity index (χ4n) is 0.860. The van der Waals surface area contributed by atoms with E-state index in [1.165, 1.54) is 24.0 Å². The molecule has 4 nitrogen and oxygen atoms in total. The highest BCUT2D eigenvalue weighted by atomic mass is 79.9. The van der Waals surface area contributed by atoms with Gasteiger partial charge >= 0.3 is 5.69 Å². The first kappa shape index (κ1) is 12.7. The normalized spacial score (nSPS) is 12.5. The van der Waals surface area contributed by atoms with Crippen LogP contribution in [-0.2, 0) is 0 Å². The maximum absolute atomic E-state index is 10.7. The fourth-order valence-corrected chi connectivity index (χ4v) is 2.18. The molecule has 7 heteroatoms. The Labute approximate surface area is 105 Å². The van der Waals surface area contributed by atoms with Crippen LogP contribution in [-0.4, -0.2) is 21.0 Å². The van der Waals surface area contributed by atoms with Crippen molar-refractivity contribution < 1.29 is 4.92 Å². The van der Waals surface area contributed by atoms with E-state index < -0.39 is 4.92 Å². The molecule has 1 heterocycles. The second-order valence-corrected chi connectivity index (χ2v) is 5.47. The molecular formula is C8H8BrClN2O2S. The molecule has 1 rings (SSSR count). The van der Waals surface area contributed by atoms with Gasteiger partial charge in [0.05, 0.1) is 4.92 Å². The molecule has 15 heavy (non-hydrogen) atoms. The first-order chi connectivity index (χ1) is 7.04. The van der Waals surface area contributed by atoms with Gasteiger partial charge in [-0.2, -0.15) is 0 Å². The van der Waals surface area contributed by atoms with Crippen molar-refractivity contribution in [1.82, 2.24) is 4.98 Å². The number of halogens is 2. The average Bonchev–Trinajstić information content (AvgIpc) is 2.20. The fraction of sp³-hybridized carbons (Fsp3) is 0.375. The maximum Gasteiger partial charge on any atom is 0.302 e. The standard InChI is InChI=1S/C8H8BrClN2O2S/c1-5(3-10)15-8-7(12(13)14)2-6(9)4-11-8/h2,4-5H,3H2,1H3. The van der Waals surface area contributed by atoms with E-state index in [0.29, 0.717) is 15.4 Å². The highest BCUT2D eigenvalue weighted by molar-refractivity contribution is 9.10. The number of nitrogens with zero attached hydrogens (tertiary/aromatic N) is 2. The van der Waals surface area contributed by atoms with E-state index >= 15 is 0 Å². The number of rotatable bonds is 4. The SMILES string of the molecule is CC(CCl)Sc1ncc(Br)cc1[N+](=O)[O-]. The molecule has 0 aliphatic heterocycles. The molecule has 1 unspecified atom stereocenters. The minimum Gasteiger partial charge on any atom is -0.258 e. The number of pyridine rings is 1. The Morgan fingerprint density at radius 3 is 3.00 bits per heavy atom. The first-order valence-corrected chi connectivity index (χ1v) is 6.28. The molecule has 0 saturated carbocycles. The Morgan fingerprint density at radius 2 is 2.47 bits per heavy atom. The summed E-state index contributed by atoms with van der Waals surface area (Å²) in [4.78, 5) is 14.3. The summed E-state index contributed by atoms with van der Waals surface area (Å²) in [5, 5.41) is 11.2. The molecule has 0 radical (unpaired) electrons. The Kier molecular flexibility index (Phi) is 4.82. The molecule has 1 aromatic heterocycles. The van der Waals surface area contributed by atoms with Crippen LogP contribution < -0.4 is 0 Å². The molecule has 0 aliphatic carbocycles. The monoisotopic (exact) mass is 310 g/mol. The van der Waals surface area contributed by atoms with Crippen molar-refractivity contribution in [1.29, 1.82) is 0 Å². The van der Waals surface area contributed by atoms with Gasteiger partial charge in [-0.3, -0.25) is 10.1 Å². The Balaban J connectivity index is 3.01. The number of aromatic nitrogens is 1. The zero-order valence-electron chi connectivity index (χ0n) is 7.81. The number of hydrogen-bond acceptors (Lipinski definition) is 4. The number of thioether (sulfide) groups is 1. The Morgan fingerprint density at radius 1 is 1.80 bits per heavy atom. The summed E-state index contributed by atoms with van der Waals surface area (Å²) >= 11 is 10.1. The number of nitro groups is 1. The summed E-state index contributed by atoms with van der Waals surface area (Å²) in [6, 6.07) is 1.44. The lowest BCUT2D eigenvalue weighted by atomic mass is 10.4. The van der Waals surface area contributed by atoms with Gasteiger partial charge in [-0.1, -0.05) is 18.7 Å². The van der Waals surface area contributed by atoms with E-state index in [-0.39, 0.29) is 10.9 Å². The van der Waals surface area contributed by atoms with E-state index in [1.54, 1.807) is 0 Å². The third-order valence-electron chi connectivity index (χ3n) is 1.53. The first-order valence-electron chi connectivity index (χ1n) is 4.07. The molecule has 0 aromatic carbocycles. The number of alkyl halides is 1. The summed E-state index contributed by atoms with van der Waals surface area (Å²) in [6.07, 6.45) is 1.54. The van der Waals surface area contributed by atoms with E-state index in [2.05, 4.69) is 20.9 Å². The Bertz CT molecular complexity index is 378. The van der Waals surface area contributed by atoms with Crippen LogP contribution in [0.2, 0.25) is 0 Å². The molecular weight excluding hydrogens is 304 g/mol. The third kappa shape index (κ3) is 3.62. The van der Waals surface area contributed by atoms with Crippen molar-refractivity contribution in [3.05, 3.63) is 26.9 Å². The van der Waals surface area contributed by atoms with Gasteiger partial charge in [-0.15, -0.1) is 11.6 Å². The molecule has 0 amide bonds. The highest BCUT2D eigenvalue weighted by Gasteiger charge is 2.18. The summed E-state index contributed by atoms with van der Waals surface area (Å²) in [5.74, 6) is 0.430. The molecule has 0 saturated heterocycles. The predicted octanol–water partition coefficient (Wildman–Crippen LogP) is 3.47. The maximum atomic E-state index is 10.7. The van der Waals surface area contributed by atoms with Crippen molar-refractivity contribution in [3.8, 4) is 0 Å². The van der Waals surface area contributed by atoms with E-state index in [4.69, 9.17) is 11.6 Å². The summed E-state index contributed by atoms with van der Waals surface area (Å²) in [5.41, 5.74) is 0.00587. The van der Waals surface area contributed by atoms with Crippen molar-refractivity contribution >= 4 is 45.0 Å². The van der Waals surface area contributed by atoms with Gasteiger partial charge in [0.25, 0.3) is 0 Å². The summed E-state index contributed by atoms with van der Waals surface area (Å²) < 4.78 is 0.595. The molecule has 1 aromatic rings. The number of hydrogen-bond donors (Lipinski definition) is 0. The van der Waals surface area contributed by atoms with Gasteiger partial charge in [-0.25, -0.2) is 4.98 Å². The van der Waals surface area contributed by atoms with Gasteiger partial charge in [-0.05, 0) is 15.9 Å². The smallest absolute Gasteiger partial charge is 0.258 e. The minimum absolute atomic E-state index is 0.00587. The van der Waals surface area contributed by atoms with Gasteiger partial charge in [0.1, 0.15) is 0 Å². The highest BCUT2D eigenvalue weighted by Crippen LogP contribution is 2.32. The van der Waals surface area contributed by atoms with Crippen LogP contribution in [0.4, 0.5) is 5.69 Å². The van der Waals surface area contributed by atoms with Crippen molar-refractivity contribution in [2.45, 2.75) is 17.2 Å². The Hall–Kier alpha value is -0.330. The van der Waals surface area contributed by atoms with E-state index in [0.717, 1.165) is 0 Å². The van der Waals surface area contributed by atoms with Crippen molar-refractivity contribution in [3.63, 3.8) is 0 Å². The largest absolute Gasteiger partial charge is 0.302 e. The van der Waals surface area contributed by atoms with Gasteiger partial charge in [0.2, 0.25) is 0 Å². The van der Waals surface area contributed by atoms with Crippen LogP contribution in [0.25, 0.3) is 0 Å². The van der Waals surface area contributed by atoms with E-state index in [9.17, 15) is 10.1 Å². The molecule has 0 aliphatic rings. The third-order valence-corrected chi connectivity index (χ3v) is 3.71. The van der Waals surface area contributed by atoms with Crippen molar-refractivity contribution in [2.24, 2.45) is 0 Å². The van der Waals surface area contributed by atoms with Gasteiger partial charge < -0.3 is 0 Å². The quantitative estimate of drug-likeness (QED) is 0.370. The van der Waals surface area contributed by atoms with Gasteiger partial charge in [0, 0.05) is 27.9 Å². The molecule has 0 N–H and O–H groups in total. The molecule has 82 valence electrons. The van der Waals surface area contributed by atoms with E-state index in [1.807, 2.05) is 6.92 Å². The lowest BCUT2D eigenvalue weighted by Gasteiger charge is -2.06. The second kappa shape index (κ2) is 5.67. The molecule has 1 atom stereocenters. The zero-order chi connectivity index (χ0) is 11.4. The van der Waals surface area contributed by atoms with Crippen LogP contribution in [0.15, 0.2) is 21.8 Å². The van der Waals surface area contributed by atoms with Crippen molar-refractivity contribution in [2.75, 3.05) is 5.88 Å². The summed E-state index contributed by atoms with van der Waals surface area (Å²) in [7, 11) is 0. The average molecular weight is 312 g/mol. The predicted molar refractivity (Wildman–Crippen MR) is 64.6 cm³/mol. The second-order valence-electron chi connectivity index (χ2n) is 2.82. The lowest BCUT2D eigenvalue weighted by Crippen LogP contribution is -2.00. The van der Waals surface area contributed by atoms with Crippen LogP contribution in [0.1, 0.15) is 6.92 Å². The van der Waals surface area contributed by atoms with Crippen LogP contribution in [0, 0.1) is 10.1 Å². The van der Waals surface area contributed by atoms with Gasteiger partial charge in [0.15, 0.2) is 5.03 Å². The summed E-state index contributed by atoms with van der Waals surface area (Å²) in [6.45, 7) is 1.89. The molecule has 0 fully saturated rings. The molecule has 0 spiro atoms.